The van der Waals surface area contributed by atoms with Gasteiger partial charge in [-0.25, -0.2) is 15.0 Å². The number of nitriles is 2. The Hall–Kier alpha value is -6.33. The number of anilines is 3. The topological polar surface area (TPSA) is 205 Å². The highest BCUT2D eigenvalue weighted by molar-refractivity contribution is 7.84. The van der Waals surface area contributed by atoms with Gasteiger partial charge in [-0.2, -0.15) is 15.5 Å². The SMILES string of the molecule is CN1CCC(c2ccc(N)cc2)CC1.CN1CCC(c2ccc(Nc3ncc4cc(C#N)c(=O)n(C5CCCC5)c4n3)cc2)CC1.CS(=O)c1ncc2cc(C#N)c(=O)n(C3CCCC3)c2n1. The molecular weight excluding hydrogens is 861 g/mol. The maximum atomic E-state index is 12.9. The maximum absolute atomic E-state index is 12.9. The lowest BCUT2D eigenvalue weighted by Crippen LogP contribution is -2.29. The Kier molecular flexibility index (Phi) is 15.2. The largest absolute Gasteiger partial charge is 0.399 e. The molecule has 15 nitrogen and oxygen atoms in total. The molecule has 2 saturated heterocycles. The number of likely N-dealkylation sites (tertiary alicyclic amines) is 2. The van der Waals surface area contributed by atoms with E-state index in [1.807, 2.05) is 24.3 Å². The highest BCUT2D eigenvalue weighted by Gasteiger charge is 2.25. The number of piperidine rings is 2. The third kappa shape index (κ3) is 11.1. The maximum Gasteiger partial charge on any atom is 0.270 e. The van der Waals surface area contributed by atoms with Crippen molar-refractivity contribution in [1.29, 1.82) is 10.5 Å². The number of nitrogens with one attached hydrogen (secondary N) is 1. The Labute approximate surface area is 394 Å². The minimum absolute atomic E-state index is 0.0568. The molecule has 0 spiro atoms. The van der Waals surface area contributed by atoms with Gasteiger partial charge in [0, 0.05) is 52.9 Å². The van der Waals surface area contributed by atoms with Gasteiger partial charge in [0.25, 0.3) is 11.1 Å². The molecule has 0 amide bonds. The average Bonchev–Trinajstić information content (AvgIpc) is 4.09. The van der Waals surface area contributed by atoms with Crippen molar-refractivity contribution in [2.24, 2.45) is 0 Å². The first-order chi connectivity index (χ1) is 32.5. The molecule has 10 rings (SSSR count). The van der Waals surface area contributed by atoms with E-state index in [4.69, 9.17) is 16.0 Å². The van der Waals surface area contributed by atoms with Crippen LogP contribution in [-0.2, 0) is 10.8 Å². The first-order valence-electron chi connectivity index (χ1n) is 23.6. The van der Waals surface area contributed by atoms with Crippen LogP contribution in [0.25, 0.3) is 22.1 Å². The van der Waals surface area contributed by atoms with Crippen molar-refractivity contribution in [3.8, 4) is 12.1 Å². The van der Waals surface area contributed by atoms with Gasteiger partial charge < -0.3 is 20.9 Å². The first kappa shape index (κ1) is 47.2. The normalized spacial score (nSPS) is 18.1. The van der Waals surface area contributed by atoms with Crippen LogP contribution in [0.1, 0.15) is 123 Å². The predicted molar refractivity (Wildman–Crippen MR) is 264 cm³/mol. The average molecular weight is 921 g/mol. The molecule has 16 heteroatoms. The van der Waals surface area contributed by atoms with Crippen molar-refractivity contribution in [2.75, 3.05) is 57.6 Å². The zero-order valence-electron chi connectivity index (χ0n) is 38.7. The number of nitrogens with zero attached hydrogens (tertiary/aromatic N) is 10. The molecule has 1 unspecified atom stereocenters. The summed E-state index contributed by atoms with van der Waals surface area (Å²) < 4.78 is 14.9. The summed E-state index contributed by atoms with van der Waals surface area (Å²) in [5.41, 5.74) is 11.0. The Bertz CT molecular complexity index is 2910. The molecule has 2 aromatic carbocycles. The van der Waals surface area contributed by atoms with Crippen molar-refractivity contribution in [1.82, 2.24) is 38.9 Å². The van der Waals surface area contributed by atoms with Crippen LogP contribution in [-0.4, -0.2) is 89.6 Å². The smallest absolute Gasteiger partial charge is 0.270 e. The second kappa shape index (κ2) is 21.5. The Balaban J connectivity index is 0.000000149. The molecule has 2 aliphatic carbocycles. The van der Waals surface area contributed by atoms with Crippen molar-refractivity contribution in [2.45, 2.75) is 106 Å². The van der Waals surface area contributed by atoms with Crippen LogP contribution >= 0.6 is 0 Å². The van der Waals surface area contributed by atoms with E-state index in [0.29, 0.717) is 28.5 Å². The lowest BCUT2D eigenvalue weighted by molar-refractivity contribution is 0.255. The zero-order valence-corrected chi connectivity index (χ0v) is 39.6. The number of hydrogen-bond donors (Lipinski definition) is 2. The van der Waals surface area contributed by atoms with E-state index in [1.54, 1.807) is 21.4 Å². The summed E-state index contributed by atoms with van der Waals surface area (Å²) in [6.45, 7) is 4.72. The molecular formula is C51H60N12O3S. The Morgan fingerprint density at radius 1 is 0.642 bits per heavy atom. The molecule has 2 saturated carbocycles. The zero-order chi connectivity index (χ0) is 47.0. The van der Waals surface area contributed by atoms with E-state index >= 15 is 0 Å². The van der Waals surface area contributed by atoms with Gasteiger partial charge in [0.1, 0.15) is 34.6 Å². The van der Waals surface area contributed by atoms with Gasteiger partial charge in [0.05, 0.1) is 10.8 Å². The number of hydrogen-bond acceptors (Lipinski definition) is 13. The van der Waals surface area contributed by atoms with Crippen LogP contribution in [0.3, 0.4) is 0 Å². The van der Waals surface area contributed by atoms with E-state index in [0.717, 1.165) is 87.1 Å². The van der Waals surface area contributed by atoms with Gasteiger partial charge in [0.2, 0.25) is 11.1 Å². The van der Waals surface area contributed by atoms with Crippen LogP contribution < -0.4 is 22.2 Å². The Morgan fingerprint density at radius 2 is 1.07 bits per heavy atom. The lowest BCUT2D eigenvalue weighted by Gasteiger charge is -2.29. The Morgan fingerprint density at radius 3 is 1.52 bits per heavy atom. The molecule has 1 atom stereocenters. The third-order valence-electron chi connectivity index (χ3n) is 13.9. The molecule has 6 aromatic rings. The van der Waals surface area contributed by atoms with E-state index in [9.17, 15) is 19.1 Å². The summed E-state index contributed by atoms with van der Waals surface area (Å²) >= 11 is 0. The molecule has 4 aromatic heterocycles. The predicted octanol–water partition coefficient (Wildman–Crippen LogP) is 7.92. The van der Waals surface area contributed by atoms with Gasteiger partial charge >= 0.3 is 0 Å². The summed E-state index contributed by atoms with van der Waals surface area (Å²) in [6, 6.07) is 24.1. The van der Waals surface area contributed by atoms with Crippen LogP contribution in [0.4, 0.5) is 17.3 Å². The van der Waals surface area contributed by atoms with Gasteiger partial charge in [-0.1, -0.05) is 49.9 Å². The van der Waals surface area contributed by atoms with E-state index in [2.05, 4.69) is 80.6 Å². The first-order valence-corrected chi connectivity index (χ1v) is 25.1. The number of aromatic nitrogens is 6. The fourth-order valence-corrected chi connectivity index (χ4v) is 10.4. The number of benzene rings is 2. The van der Waals surface area contributed by atoms with Crippen LogP contribution in [0.15, 0.2) is 87.8 Å². The molecule has 4 fully saturated rings. The minimum atomic E-state index is -1.31. The summed E-state index contributed by atoms with van der Waals surface area (Å²) in [6.07, 6.45) is 17.7. The summed E-state index contributed by atoms with van der Waals surface area (Å²) in [4.78, 5) is 47.7. The minimum Gasteiger partial charge on any atom is -0.399 e. The quantitative estimate of drug-likeness (QED) is 0.116. The van der Waals surface area contributed by atoms with Gasteiger partial charge in [-0.05, 0) is 151 Å². The van der Waals surface area contributed by atoms with Crippen molar-refractivity contribution < 1.29 is 4.21 Å². The summed E-state index contributed by atoms with van der Waals surface area (Å²) in [5.74, 6) is 1.82. The highest BCUT2D eigenvalue weighted by atomic mass is 32.2. The second-order valence-corrected chi connectivity index (χ2v) is 19.8. The summed E-state index contributed by atoms with van der Waals surface area (Å²) in [5, 5.41) is 23.4. The molecule has 67 heavy (non-hydrogen) atoms. The van der Waals surface area contributed by atoms with Gasteiger partial charge in [0.15, 0.2) is 0 Å². The number of pyridine rings is 2. The summed E-state index contributed by atoms with van der Waals surface area (Å²) in [7, 11) is 3.06. The van der Waals surface area contributed by atoms with Crippen molar-refractivity contribution in [3.63, 3.8) is 0 Å². The lowest BCUT2D eigenvalue weighted by atomic mass is 9.89. The van der Waals surface area contributed by atoms with Crippen LogP contribution in [0, 0.1) is 22.7 Å². The number of rotatable bonds is 7. The third-order valence-corrected chi connectivity index (χ3v) is 14.6. The molecule has 348 valence electrons. The highest BCUT2D eigenvalue weighted by Crippen LogP contribution is 2.33. The number of nitrogen functional groups attached to an aromatic ring is 1. The van der Waals surface area contributed by atoms with E-state index < -0.39 is 10.8 Å². The van der Waals surface area contributed by atoms with Crippen LogP contribution in [0.5, 0.6) is 0 Å². The van der Waals surface area contributed by atoms with E-state index in [1.165, 1.54) is 68.4 Å². The molecule has 0 radical (unpaired) electrons. The fraction of sp³-hybridized carbons (Fsp3) is 0.451. The molecule has 0 bridgehead atoms. The standard InChI is InChI=1S/C25H28N6O.C14H14N4O2S.C12H18N2/c1-30-12-10-18(11-13-30)17-6-8-21(9-7-17)28-25-27-16-20-14-19(15-26)24(32)31(23(20)29-25)22-4-2-3-5-22;1-21(20)14-16-8-10-6-9(7-15)13(19)18(12(10)17-14)11-4-2-3-5-11;1-14-8-6-11(7-9-14)10-2-4-12(13)5-3-10/h6-9,14,16,18,22H,2-5,10-13H2,1H3,(H,27,28,29);6,8,11H,2-5H2,1H3;2-5,11H,6-9,13H2,1H3. The molecule has 2 aliphatic heterocycles. The monoisotopic (exact) mass is 920 g/mol. The van der Waals surface area contributed by atoms with E-state index in [-0.39, 0.29) is 39.5 Å². The molecule has 3 N–H and O–H groups in total. The van der Waals surface area contributed by atoms with Crippen molar-refractivity contribution >= 4 is 50.2 Å². The number of nitrogens with two attached hydrogens (primary N) is 1. The molecule has 4 aliphatic rings. The van der Waals surface area contributed by atoms with Gasteiger partial charge in [-0.3, -0.25) is 22.9 Å². The van der Waals surface area contributed by atoms with Crippen molar-refractivity contribution in [3.05, 3.63) is 116 Å². The molecule has 6 heterocycles. The fourth-order valence-electron chi connectivity index (χ4n) is 10.0. The van der Waals surface area contributed by atoms with Crippen LogP contribution in [0.2, 0.25) is 0 Å². The second-order valence-electron chi connectivity index (χ2n) is 18.5. The van der Waals surface area contributed by atoms with Gasteiger partial charge in [-0.15, -0.1) is 0 Å². The number of fused-ring (bicyclic) bond motifs is 2.